The third kappa shape index (κ3) is 3.61. The summed E-state index contributed by atoms with van der Waals surface area (Å²) in [6.45, 7) is 5.95. The van der Waals surface area contributed by atoms with Gasteiger partial charge in [-0.1, -0.05) is 11.6 Å². The molecule has 1 amide bonds. The van der Waals surface area contributed by atoms with Gasteiger partial charge in [-0.25, -0.2) is 4.98 Å². The third-order valence-electron chi connectivity index (χ3n) is 3.27. The zero-order valence-electron chi connectivity index (χ0n) is 11.8. The van der Waals surface area contributed by atoms with Crippen LogP contribution in [0.15, 0.2) is 12.1 Å². The van der Waals surface area contributed by atoms with Crippen LogP contribution in [0.2, 0.25) is 5.02 Å². The normalized spacial score (nSPS) is 22.4. The van der Waals surface area contributed by atoms with E-state index in [4.69, 9.17) is 16.3 Å². The Hall–Kier alpha value is -1.33. The first-order valence-corrected chi connectivity index (χ1v) is 7.22. The van der Waals surface area contributed by atoms with Crippen LogP contribution in [-0.2, 0) is 4.74 Å². The first-order chi connectivity index (χ1) is 9.54. The van der Waals surface area contributed by atoms with Crippen molar-refractivity contribution in [3.63, 3.8) is 0 Å². The zero-order chi connectivity index (χ0) is 14.6. The number of carbonyl (C=O) groups excluding carboxylic acids is 1. The van der Waals surface area contributed by atoms with Gasteiger partial charge in [-0.15, -0.1) is 0 Å². The predicted octanol–water partition coefficient (Wildman–Crippen LogP) is 2.47. The molecule has 2 rings (SSSR count). The molecule has 110 valence electrons. The van der Waals surface area contributed by atoms with Gasteiger partial charge in [-0.3, -0.25) is 4.79 Å². The molecule has 1 saturated heterocycles. The Morgan fingerprint density at radius 1 is 1.55 bits per heavy atom. The average molecular weight is 298 g/mol. The van der Waals surface area contributed by atoms with Crippen molar-refractivity contribution in [2.75, 3.05) is 25.1 Å². The Balaban J connectivity index is 2.13. The van der Waals surface area contributed by atoms with Gasteiger partial charge in [-0.2, -0.15) is 0 Å². The molecule has 5 nitrogen and oxygen atoms in total. The molecule has 6 heteroatoms. The summed E-state index contributed by atoms with van der Waals surface area (Å²) in [4.78, 5) is 16.6. The first kappa shape index (κ1) is 15.1. The van der Waals surface area contributed by atoms with Crippen molar-refractivity contribution in [3.8, 4) is 0 Å². The minimum atomic E-state index is -0.353. The van der Waals surface area contributed by atoms with E-state index in [0.29, 0.717) is 17.4 Å². The van der Waals surface area contributed by atoms with E-state index in [1.54, 1.807) is 12.1 Å². The molecule has 1 aromatic heterocycles. The number of ether oxygens (including phenoxy) is 1. The summed E-state index contributed by atoms with van der Waals surface area (Å²) in [6.07, 6.45) is 1.83. The maximum absolute atomic E-state index is 12.4. The molecule has 0 spiro atoms. The fourth-order valence-corrected chi connectivity index (χ4v) is 2.44. The number of hydrogen-bond acceptors (Lipinski definition) is 4. The molecule has 2 heterocycles. The lowest BCUT2D eigenvalue weighted by Gasteiger charge is -2.34. The van der Waals surface area contributed by atoms with Crippen LogP contribution in [0.3, 0.4) is 0 Å². The molecule has 1 aromatic rings. The van der Waals surface area contributed by atoms with Gasteiger partial charge in [-0.05, 0) is 38.8 Å². The molecular formula is C14H20ClN3O2. The summed E-state index contributed by atoms with van der Waals surface area (Å²) in [6, 6.07) is 3.44. The average Bonchev–Trinajstić information content (AvgIpc) is 2.41. The highest BCUT2D eigenvalue weighted by molar-refractivity contribution is 6.33. The van der Waals surface area contributed by atoms with Crippen molar-refractivity contribution < 1.29 is 9.53 Å². The fourth-order valence-electron chi connectivity index (χ4n) is 2.25. The van der Waals surface area contributed by atoms with Crippen LogP contribution in [0.4, 0.5) is 5.82 Å². The standard InChI is InChI=1S/C14H20ClN3O2/c1-3-16-11-6-5-10(15)12(17-11)13(19)18-14(2)7-4-8-20-9-14/h5-6H,3-4,7-9H2,1-2H3,(H,16,17)(H,18,19). The SMILES string of the molecule is CCNc1ccc(Cl)c(C(=O)NC2(C)CCCOC2)n1. The van der Waals surface area contributed by atoms with Crippen LogP contribution in [0.1, 0.15) is 37.2 Å². The van der Waals surface area contributed by atoms with Gasteiger partial charge in [0, 0.05) is 13.2 Å². The van der Waals surface area contributed by atoms with E-state index in [-0.39, 0.29) is 17.1 Å². The van der Waals surface area contributed by atoms with E-state index in [0.717, 1.165) is 26.0 Å². The molecule has 2 N–H and O–H groups in total. The zero-order valence-corrected chi connectivity index (χ0v) is 12.6. The maximum atomic E-state index is 12.4. The Morgan fingerprint density at radius 3 is 3.00 bits per heavy atom. The molecule has 0 radical (unpaired) electrons. The highest BCUT2D eigenvalue weighted by atomic mass is 35.5. The largest absolute Gasteiger partial charge is 0.379 e. The monoisotopic (exact) mass is 297 g/mol. The van der Waals surface area contributed by atoms with Crippen LogP contribution in [0.5, 0.6) is 0 Å². The molecule has 0 saturated carbocycles. The van der Waals surface area contributed by atoms with Gasteiger partial charge in [0.05, 0.1) is 17.2 Å². The molecule has 1 atom stereocenters. The summed E-state index contributed by atoms with van der Waals surface area (Å²) in [5.41, 5.74) is -0.106. The Morgan fingerprint density at radius 2 is 2.35 bits per heavy atom. The van der Waals surface area contributed by atoms with Crippen LogP contribution >= 0.6 is 11.6 Å². The number of hydrogen-bond donors (Lipinski definition) is 2. The molecular weight excluding hydrogens is 278 g/mol. The first-order valence-electron chi connectivity index (χ1n) is 6.85. The molecule has 1 unspecified atom stereocenters. The second kappa shape index (κ2) is 6.41. The molecule has 20 heavy (non-hydrogen) atoms. The summed E-state index contributed by atoms with van der Waals surface area (Å²) in [5.74, 6) is 0.384. The summed E-state index contributed by atoms with van der Waals surface area (Å²) >= 11 is 6.07. The van der Waals surface area contributed by atoms with E-state index >= 15 is 0 Å². The van der Waals surface area contributed by atoms with Crippen molar-refractivity contribution in [2.45, 2.75) is 32.2 Å². The Labute approximate surface area is 124 Å². The number of rotatable bonds is 4. The van der Waals surface area contributed by atoms with Gasteiger partial charge < -0.3 is 15.4 Å². The van der Waals surface area contributed by atoms with Crippen LogP contribution < -0.4 is 10.6 Å². The number of halogens is 1. The number of carbonyl (C=O) groups is 1. The minimum Gasteiger partial charge on any atom is -0.379 e. The predicted molar refractivity (Wildman–Crippen MR) is 79.3 cm³/mol. The lowest BCUT2D eigenvalue weighted by molar-refractivity contribution is 0.0271. The number of nitrogens with one attached hydrogen (secondary N) is 2. The summed E-state index contributed by atoms with van der Waals surface area (Å²) < 4.78 is 5.43. The van der Waals surface area contributed by atoms with E-state index < -0.39 is 0 Å². The molecule has 1 fully saturated rings. The summed E-state index contributed by atoms with van der Waals surface area (Å²) in [7, 11) is 0. The Kier molecular flexibility index (Phi) is 4.83. The van der Waals surface area contributed by atoms with Crippen LogP contribution in [-0.4, -0.2) is 36.2 Å². The molecule has 0 aliphatic carbocycles. The van der Waals surface area contributed by atoms with Crippen LogP contribution in [0.25, 0.3) is 0 Å². The number of anilines is 1. The van der Waals surface area contributed by atoms with Crippen molar-refractivity contribution >= 4 is 23.3 Å². The van der Waals surface area contributed by atoms with Gasteiger partial charge in [0.2, 0.25) is 0 Å². The van der Waals surface area contributed by atoms with Gasteiger partial charge >= 0.3 is 0 Å². The summed E-state index contributed by atoms with van der Waals surface area (Å²) in [5, 5.41) is 6.40. The molecule has 0 aromatic carbocycles. The van der Waals surface area contributed by atoms with Gasteiger partial charge in [0.25, 0.3) is 5.91 Å². The van der Waals surface area contributed by atoms with E-state index in [2.05, 4.69) is 15.6 Å². The Bertz CT molecular complexity index is 487. The van der Waals surface area contributed by atoms with Crippen molar-refractivity contribution in [1.82, 2.24) is 10.3 Å². The smallest absolute Gasteiger partial charge is 0.272 e. The lowest BCUT2D eigenvalue weighted by Crippen LogP contribution is -2.51. The van der Waals surface area contributed by atoms with Crippen LogP contribution in [0, 0.1) is 0 Å². The van der Waals surface area contributed by atoms with Gasteiger partial charge in [0.15, 0.2) is 0 Å². The number of amides is 1. The quantitative estimate of drug-likeness (QED) is 0.896. The van der Waals surface area contributed by atoms with E-state index in [9.17, 15) is 4.79 Å². The maximum Gasteiger partial charge on any atom is 0.272 e. The minimum absolute atomic E-state index is 0.247. The number of aromatic nitrogens is 1. The fraction of sp³-hybridized carbons (Fsp3) is 0.571. The van der Waals surface area contributed by atoms with Gasteiger partial charge in [0.1, 0.15) is 11.5 Å². The number of nitrogens with zero attached hydrogens (tertiary/aromatic N) is 1. The molecule has 1 aliphatic rings. The third-order valence-corrected chi connectivity index (χ3v) is 3.58. The van der Waals surface area contributed by atoms with Crippen molar-refractivity contribution in [3.05, 3.63) is 22.8 Å². The number of pyridine rings is 1. The lowest BCUT2D eigenvalue weighted by atomic mass is 9.95. The topological polar surface area (TPSA) is 63.2 Å². The second-order valence-electron chi connectivity index (χ2n) is 5.23. The second-order valence-corrected chi connectivity index (χ2v) is 5.64. The molecule has 1 aliphatic heterocycles. The van der Waals surface area contributed by atoms with Crippen molar-refractivity contribution in [2.24, 2.45) is 0 Å². The highest BCUT2D eigenvalue weighted by Gasteiger charge is 2.30. The van der Waals surface area contributed by atoms with Crippen molar-refractivity contribution in [1.29, 1.82) is 0 Å². The van der Waals surface area contributed by atoms with E-state index in [1.807, 2.05) is 13.8 Å². The highest BCUT2D eigenvalue weighted by Crippen LogP contribution is 2.21. The molecule has 0 bridgehead atoms. The van der Waals surface area contributed by atoms with E-state index in [1.165, 1.54) is 0 Å².